The predicted octanol–water partition coefficient (Wildman–Crippen LogP) is 4.12. The van der Waals surface area contributed by atoms with E-state index in [1.54, 1.807) is 0 Å². The molecule has 1 heterocycles. The monoisotopic (exact) mass is 330 g/mol. The van der Waals surface area contributed by atoms with Gasteiger partial charge >= 0.3 is 6.09 Å². The lowest BCUT2D eigenvalue weighted by Crippen LogP contribution is -2.58. The van der Waals surface area contributed by atoms with E-state index in [9.17, 15) is 4.79 Å². The van der Waals surface area contributed by atoms with Crippen molar-refractivity contribution in [2.24, 2.45) is 0 Å². The number of nitrogens with zero attached hydrogens (tertiary/aromatic N) is 1. The maximum atomic E-state index is 12.3. The summed E-state index contributed by atoms with van der Waals surface area (Å²) in [5.74, 6) is 0. The van der Waals surface area contributed by atoms with Crippen molar-refractivity contribution in [1.82, 2.24) is 10.2 Å². The largest absolute Gasteiger partial charge is 0.444 e. The first kappa shape index (κ1) is 18.5. The Morgan fingerprint density at radius 2 is 2.08 bits per heavy atom. The molecule has 0 aliphatic carbocycles. The van der Waals surface area contributed by atoms with Crippen LogP contribution in [0.4, 0.5) is 4.79 Å². The van der Waals surface area contributed by atoms with Crippen LogP contribution >= 0.6 is 0 Å². The Bertz CT molecular complexity index is 551. The van der Waals surface area contributed by atoms with Crippen LogP contribution in [-0.4, -0.2) is 35.2 Å². The minimum absolute atomic E-state index is 0.295. The van der Waals surface area contributed by atoms with Crippen LogP contribution in [0.15, 0.2) is 43.0 Å². The molecule has 0 bridgehead atoms. The van der Waals surface area contributed by atoms with Crippen LogP contribution in [0, 0.1) is 0 Å². The minimum Gasteiger partial charge on any atom is -0.444 e. The number of amides is 1. The van der Waals surface area contributed by atoms with Crippen LogP contribution < -0.4 is 5.32 Å². The van der Waals surface area contributed by atoms with Crippen molar-refractivity contribution in [3.63, 3.8) is 0 Å². The quantitative estimate of drug-likeness (QED) is 0.826. The fourth-order valence-corrected chi connectivity index (χ4v) is 3.32. The van der Waals surface area contributed by atoms with Gasteiger partial charge in [-0.05, 0) is 52.1 Å². The van der Waals surface area contributed by atoms with Crippen molar-refractivity contribution in [2.75, 3.05) is 13.1 Å². The van der Waals surface area contributed by atoms with E-state index >= 15 is 0 Å². The average molecular weight is 330 g/mol. The van der Waals surface area contributed by atoms with E-state index in [4.69, 9.17) is 4.74 Å². The molecule has 1 aliphatic heterocycles. The van der Waals surface area contributed by atoms with Gasteiger partial charge in [-0.2, -0.15) is 0 Å². The zero-order valence-corrected chi connectivity index (χ0v) is 15.2. The third kappa shape index (κ3) is 5.68. The van der Waals surface area contributed by atoms with Gasteiger partial charge in [0.05, 0.1) is 5.54 Å². The Hall–Kier alpha value is -1.81. The van der Waals surface area contributed by atoms with Gasteiger partial charge in [0.25, 0.3) is 0 Å². The molecule has 0 radical (unpaired) electrons. The average Bonchev–Trinajstić information content (AvgIpc) is 2.46. The van der Waals surface area contributed by atoms with Crippen molar-refractivity contribution in [1.29, 1.82) is 0 Å². The van der Waals surface area contributed by atoms with Gasteiger partial charge in [0.1, 0.15) is 5.60 Å². The van der Waals surface area contributed by atoms with Gasteiger partial charge in [0, 0.05) is 13.1 Å². The first-order chi connectivity index (χ1) is 11.3. The van der Waals surface area contributed by atoms with Gasteiger partial charge in [-0.3, -0.25) is 4.90 Å². The first-order valence-corrected chi connectivity index (χ1v) is 8.70. The molecule has 1 saturated heterocycles. The number of likely N-dealkylation sites (tertiary alicyclic amines) is 1. The number of hydrogen-bond acceptors (Lipinski definition) is 3. The molecule has 0 unspecified atom stereocenters. The van der Waals surface area contributed by atoms with Gasteiger partial charge in [0.15, 0.2) is 0 Å². The van der Waals surface area contributed by atoms with Crippen molar-refractivity contribution >= 4 is 6.09 Å². The molecule has 4 nitrogen and oxygen atoms in total. The molecule has 24 heavy (non-hydrogen) atoms. The summed E-state index contributed by atoms with van der Waals surface area (Å²) in [5.41, 5.74) is 0.513. The van der Waals surface area contributed by atoms with E-state index < -0.39 is 5.60 Å². The zero-order chi connectivity index (χ0) is 17.6. The number of rotatable bonds is 5. The number of carbonyl (C=O) groups excluding carboxylic acids is 1. The second-order valence-electron chi connectivity index (χ2n) is 7.70. The number of benzene rings is 1. The fourth-order valence-electron chi connectivity index (χ4n) is 3.32. The van der Waals surface area contributed by atoms with E-state index in [1.807, 2.05) is 32.9 Å². The van der Waals surface area contributed by atoms with Crippen LogP contribution in [0.1, 0.15) is 45.6 Å². The topological polar surface area (TPSA) is 41.6 Å². The van der Waals surface area contributed by atoms with Crippen LogP contribution in [0.3, 0.4) is 0 Å². The lowest BCUT2D eigenvalue weighted by Gasteiger charge is -2.43. The van der Waals surface area contributed by atoms with E-state index in [0.717, 1.165) is 38.9 Å². The highest BCUT2D eigenvalue weighted by Gasteiger charge is 2.37. The van der Waals surface area contributed by atoms with Crippen molar-refractivity contribution in [3.8, 4) is 0 Å². The number of carbonyl (C=O) groups is 1. The van der Waals surface area contributed by atoms with Crippen molar-refractivity contribution in [2.45, 2.75) is 57.7 Å². The number of nitrogens with one attached hydrogen (secondary N) is 1. The van der Waals surface area contributed by atoms with Crippen LogP contribution in [0.2, 0.25) is 0 Å². The molecule has 1 aliphatic rings. The first-order valence-electron chi connectivity index (χ1n) is 8.70. The van der Waals surface area contributed by atoms with Gasteiger partial charge in [0.2, 0.25) is 0 Å². The molecule has 132 valence electrons. The van der Waals surface area contributed by atoms with Gasteiger partial charge in [-0.1, -0.05) is 36.4 Å². The molecule has 1 atom stereocenters. The molecule has 0 saturated carbocycles. The highest BCUT2D eigenvalue weighted by atomic mass is 16.6. The molecule has 1 N–H and O–H groups in total. The van der Waals surface area contributed by atoms with E-state index in [-0.39, 0.29) is 11.6 Å². The Balaban J connectivity index is 2.04. The third-order valence-electron chi connectivity index (χ3n) is 4.21. The van der Waals surface area contributed by atoms with Crippen molar-refractivity contribution in [3.05, 3.63) is 48.6 Å². The van der Waals surface area contributed by atoms with Gasteiger partial charge < -0.3 is 10.1 Å². The fraction of sp³-hybridized carbons (Fsp3) is 0.550. The second kappa shape index (κ2) is 7.84. The van der Waals surface area contributed by atoms with E-state index in [1.165, 1.54) is 5.56 Å². The van der Waals surface area contributed by atoms with Gasteiger partial charge in [-0.15, -0.1) is 6.58 Å². The standard InChI is InChI=1S/C20H30N2O2/c1-5-12-20(21-18(23)24-19(2,3)4)13-9-14-22(16-20)15-17-10-7-6-8-11-17/h5-8,10-11H,1,9,12-16H2,2-4H3,(H,21,23)/t20-/m1/s1. The Morgan fingerprint density at radius 1 is 1.38 bits per heavy atom. The smallest absolute Gasteiger partial charge is 0.408 e. The van der Waals surface area contributed by atoms with Crippen LogP contribution in [-0.2, 0) is 11.3 Å². The third-order valence-corrected chi connectivity index (χ3v) is 4.21. The number of ether oxygens (including phenoxy) is 1. The highest BCUT2D eigenvalue weighted by molar-refractivity contribution is 5.69. The molecule has 0 spiro atoms. The maximum Gasteiger partial charge on any atom is 0.408 e. The van der Waals surface area contributed by atoms with E-state index in [2.05, 4.69) is 41.1 Å². The highest BCUT2D eigenvalue weighted by Crippen LogP contribution is 2.27. The Kier molecular flexibility index (Phi) is 6.05. The summed E-state index contributed by atoms with van der Waals surface area (Å²) in [7, 11) is 0. The summed E-state index contributed by atoms with van der Waals surface area (Å²) in [6.45, 7) is 12.3. The molecule has 1 fully saturated rings. The van der Waals surface area contributed by atoms with Crippen molar-refractivity contribution < 1.29 is 9.53 Å². The summed E-state index contributed by atoms with van der Waals surface area (Å²) < 4.78 is 5.46. The van der Waals surface area contributed by atoms with Crippen LogP contribution in [0.25, 0.3) is 0 Å². The summed E-state index contributed by atoms with van der Waals surface area (Å²) in [6.07, 6.45) is 4.30. The summed E-state index contributed by atoms with van der Waals surface area (Å²) in [5, 5.41) is 3.13. The maximum absolute atomic E-state index is 12.3. The molecule has 1 aromatic rings. The lowest BCUT2D eigenvalue weighted by atomic mass is 9.85. The van der Waals surface area contributed by atoms with Crippen LogP contribution in [0.5, 0.6) is 0 Å². The molecular formula is C20H30N2O2. The van der Waals surface area contributed by atoms with Gasteiger partial charge in [-0.25, -0.2) is 4.79 Å². The summed E-state index contributed by atoms with van der Waals surface area (Å²) in [4.78, 5) is 14.7. The van der Waals surface area contributed by atoms with E-state index in [0.29, 0.717) is 0 Å². The summed E-state index contributed by atoms with van der Waals surface area (Å²) in [6, 6.07) is 10.5. The molecule has 0 aromatic heterocycles. The zero-order valence-electron chi connectivity index (χ0n) is 15.2. The minimum atomic E-state index is -0.488. The molecule has 4 heteroatoms. The molecule has 2 rings (SSSR count). The second-order valence-corrected chi connectivity index (χ2v) is 7.70. The number of alkyl carbamates (subject to hydrolysis) is 1. The number of piperidine rings is 1. The molecule has 1 aromatic carbocycles. The molecular weight excluding hydrogens is 300 g/mol. The SMILES string of the molecule is C=CC[C@@]1(NC(=O)OC(C)(C)C)CCCN(Cc2ccccc2)C1. The lowest BCUT2D eigenvalue weighted by molar-refractivity contribution is 0.0361. The summed E-state index contributed by atoms with van der Waals surface area (Å²) >= 11 is 0. The predicted molar refractivity (Wildman–Crippen MR) is 97.9 cm³/mol. The Labute approximate surface area is 145 Å². The molecule has 1 amide bonds. The Morgan fingerprint density at radius 3 is 2.71 bits per heavy atom. The number of hydrogen-bond donors (Lipinski definition) is 1. The normalized spacial score (nSPS) is 22.0.